The van der Waals surface area contributed by atoms with E-state index in [9.17, 15) is 14.7 Å². The van der Waals surface area contributed by atoms with Crippen LogP contribution in [0, 0.1) is 5.41 Å². The molecule has 3 aromatic rings. The number of nitrogens with one attached hydrogen (secondary N) is 1. The Kier molecular flexibility index (Phi) is 7.58. The molecule has 1 fully saturated rings. The van der Waals surface area contributed by atoms with Crippen molar-refractivity contribution in [3.05, 3.63) is 47.0 Å². The Morgan fingerprint density at radius 3 is 2.48 bits per heavy atom. The summed E-state index contributed by atoms with van der Waals surface area (Å²) in [6.45, 7) is 3.42. The van der Waals surface area contributed by atoms with Crippen molar-refractivity contribution in [1.29, 1.82) is 0 Å². The summed E-state index contributed by atoms with van der Waals surface area (Å²) >= 11 is 6.58. The van der Waals surface area contributed by atoms with Crippen molar-refractivity contribution >= 4 is 40.2 Å². The number of carbonyl (C=O) groups excluding carboxylic acids is 1. The number of imidazole rings is 1. The van der Waals surface area contributed by atoms with Crippen molar-refractivity contribution in [2.24, 2.45) is 5.41 Å². The molecule has 1 aromatic carbocycles. The first-order valence-electron chi connectivity index (χ1n) is 13.3. The minimum absolute atomic E-state index is 0.0946. The number of aliphatic hydroxyl groups excluding tert-OH is 1. The second-order valence-electron chi connectivity index (χ2n) is 11.0. The first-order chi connectivity index (χ1) is 19.0. The molecule has 0 spiro atoms. The van der Waals surface area contributed by atoms with Crippen molar-refractivity contribution in [2.45, 2.75) is 57.7 Å². The number of aromatic amines is 1. The van der Waals surface area contributed by atoms with E-state index in [0.29, 0.717) is 54.2 Å². The number of aromatic nitrogens is 3. The number of carboxylic acid groups (broad SMARTS) is 1. The van der Waals surface area contributed by atoms with Crippen LogP contribution in [0.1, 0.15) is 51.5 Å². The zero-order chi connectivity index (χ0) is 28.7. The second-order valence-corrected chi connectivity index (χ2v) is 11.4. The van der Waals surface area contributed by atoms with Gasteiger partial charge in [-0.15, -0.1) is 0 Å². The normalized spacial score (nSPS) is 21.8. The molecule has 1 aliphatic heterocycles. The molecule has 2 aromatic heterocycles. The number of rotatable bonds is 7. The van der Waals surface area contributed by atoms with Gasteiger partial charge >= 0.3 is 5.97 Å². The van der Waals surface area contributed by atoms with Gasteiger partial charge < -0.3 is 24.8 Å². The summed E-state index contributed by atoms with van der Waals surface area (Å²) in [6, 6.07) is 9.87. The first kappa shape index (κ1) is 28.0. The maximum Gasteiger partial charge on any atom is 0.312 e. The van der Waals surface area contributed by atoms with E-state index >= 15 is 4.39 Å². The summed E-state index contributed by atoms with van der Waals surface area (Å²) in [7, 11) is 0. The van der Waals surface area contributed by atoms with Crippen LogP contribution >= 0.6 is 11.6 Å². The molecule has 1 saturated carbocycles. The van der Waals surface area contributed by atoms with E-state index in [1.54, 1.807) is 11.0 Å². The number of pyridine rings is 1. The molecule has 3 N–H and O–H groups in total. The number of aliphatic hydroxyl groups is 1. The number of carbonyl (C=O) groups is 2. The molecule has 2 aliphatic rings. The predicted octanol–water partition coefficient (Wildman–Crippen LogP) is 5.03. The van der Waals surface area contributed by atoms with Crippen LogP contribution in [-0.2, 0) is 9.59 Å². The Morgan fingerprint density at radius 1 is 1.20 bits per heavy atom. The Hall–Kier alpha value is -3.50. The number of H-pyrrole nitrogens is 1. The quantitative estimate of drug-likeness (QED) is 0.363. The standard InChI is InChI=1S/C29H32ClFN4O5/c1-28(2,26(38)39)29(31)11-7-20(8-12-29)40-27-32-22-15-21(30)24(33-25(22)34-27)19-5-3-17(4-6-19)18-9-13-35(14-10-18)23(37)16-36/h3-6,9,15,20,36H,7-8,10-14,16H2,1-2H3,(H,38,39)(H,32,33,34)/t20-,29+. The maximum absolute atomic E-state index is 15.4. The minimum atomic E-state index is -1.79. The molecule has 40 heavy (non-hydrogen) atoms. The molecule has 0 saturated heterocycles. The largest absolute Gasteiger partial charge is 0.481 e. The number of benzene rings is 1. The highest BCUT2D eigenvalue weighted by atomic mass is 35.5. The summed E-state index contributed by atoms with van der Waals surface area (Å²) in [5.74, 6) is -1.41. The van der Waals surface area contributed by atoms with Gasteiger partial charge in [-0.1, -0.05) is 41.9 Å². The van der Waals surface area contributed by atoms with Crippen LogP contribution in [0.2, 0.25) is 5.02 Å². The van der Waals surface area contributed by atoms with Crippen LogP contribution in [0.5, 0.6) is 6.01 Å². The first-order valence-corrected chi connectivity index (χ1v) is 13.7. The third-order valence-electron chi connectivity index (χ3n) is 8.29. The Morgan fingerprint density at radius 2 is 1.88 bits per heavy atom. The third-order valence-corrected chi connectivity index (χ3v) is 8.58. The van der Waals surface area contributed by atoms with Crippen LogP contribution < -0.4 is 4.74 Å². The molecule has 0 unspecified atom stereocenters. The Labute approximate surface area is 236 Å². The molecular weight excluding hydrogens is 539 g/mol. The van der Waals surface area contributed by atoms with Crippen LogP contribution in [0.4, 0.5) is 4.39 Å². The molecule has 3 heterocycles. The van der Waals surface area contributed by atoms with Gasteiger partial charge in [-0.2, -0.15) is 4.98 Å². The summed E-state index contributed by atoms with van der Waals surface area (Å²) in [4.78, 5) is 37.1. The number of amides is 1. The van der Waals surface area contributed by atoms with Gasteiger partial charge in [-0.3, -0.25) is 9.59 Å². The fourth-order valence-corrected chi connectivity index (χ4v) is 5.66. The Balaban J connectivity index is 1.27. The lowest BCUT2D eigenvalue weighted by Crippen LogP contribution is -2.49. The van der Waals surface area contributed by atoms with Gasteiger partial charge in [0.05, 0.1) is 21.6 Å². The fourth-order valence-electron chi connectivity index (χ4n) is 5.40. The maximum atomic E-state index is 15.4. The van der Waals surface area contributed by atoms with Gasteiger partial charge in [0.1, 0.15) is 18.4 Å². The summed E-state index contributed by atoms with van der Waals surface area (Å²) in [6.07, 6.45) is 3.36. The van der Waals surface area contributed by atoms with Crippen LogP contribution in [0.3, 0.4) is 0 Å². The molecule has 1 aliphatic carbocycles. The number of hydrogen-bond donors (Lipinski definition) is 3. The lowest BCUT2D eigenvalue weighted by atomic mass is 9.68. The van der Waals surface area contributed by atoms with Crippen molar-refractivity contribution in [3.8, 4) is 17.3 Å². The number of nitrogens with zero attached hydrogens (tertiary/aromatic N) is 3. The Bertz CT molecular complexity index is 1460. The van der Waals surface area contributed by atoms with Crippen molar-refractivity contribution in [1.82, 2.24) is 19.9 Å². The van der Waals surface area contributed by atoms with Crippen molar-refractivity contribution in [2.75, 3.05) is 19.7 Å². The third kappa shape index (κ3) is 5.30. The zero-order valence-electron chi connectivity index (χ0n) is 22.4. The number of fused-ring (bicyclic) bond motifs is 1. The van der Waals surface area contributed by atoms with E-state index in [0.717, 1.165) is 16.7 Å². The smallest absolute Gasteiger partial charge is 0.312 e. The van der Waals surface area contributed by atoms with E-state index in [4.69, 9.17) is 21.4 Å². The topological polar surface area (TPSA) is 129 Å². The predicted molar refractivity (Wildman–Crippen MR) is 149 cm³/mol. The average Bonchev–Trinajstić information content (AvgIpc) is 3.34. The van der Waals surface area contributed by atoms with Gasteiger partial charge in [-0.25, -0.2) is 9.37 Å². The lowest BCUT2D eigenvalue weighted by Gasteiger charge is -2.41. The van der Waals surface area contributed by atoms with E-state index in [-0.39, 0.29) is 30.9 Å². The van der Waals surface area contributed by atoms with Crippen LogP contribution in [0.25, 0.3) is 28.0 Å². The van der Waals surface area contributed by atoms with Gasteiger partial charge in [0.25, 0.3) is 6.01 Å². The molecule has 9 nitrogen and oxygen atoms in total. The van der Waals surface area contributed by atoms with Crippen LogP contribution in [0.15, 0.2) is 36.4 Å². The minimum Gasteiger partial charge on any atom is -0.481 e. The number of ether oxygens (including phenoxy) is 1. The van der Waals surface area contributed by atoms with Gasteiger partial charge in [0.15, 0.2) is 5.65 Å². The number of halogens is 2. The molecule has 1 amide bonds. The van der Waals surface area contributed by atoms with Gasteiger partial charge in [0, 0.05) is 18.7 Å². The molecule has 11 heteroatoms. The molecular formula is C29H32ClFN4O5. The number of hydrogen-bond acceptors (Lipinski definition) is 6. The molecule has 5 rings (SSSR count). The molecule has 0 atom stereocenters. The zero-order valence-corrected chi connectivity index (χ0v) is 23.2. The molecule has 212 valence electrons. The second kappa shape index (κ2) is 10.8. The van der Waals surface area contributed by atoms with Crippen molar-refractivity contribution in [3.63, 3.8) is 0 Å². The molecule has 0 radical (unpaired) electrons. The van der Waals surface area contributed by atoms with E-state index < -0.39 is 23.7 Å². The lowest BCUT2D eigenvalue weighted by molar-refractivity contribution is -0.160. The fraction of sp³-hybridized carbons (Fsp3) is 0.448. The van der Waals surface area contributed by atoms with E-state index in [1.807, 2.05) is 30.3 Å². The highest BCUT2D eigenvalue weighted by molar-refractivity contribution is 6.33. The van der Waals surface area contributed by atoms with Crippen LogP contribution in [-0.4, -0.2) is 73.4 Å². The number of alkyl halides is 1. The van der Waals surface area contributed by atoms with Crippen molar-refractivity contribution < 1.29 is 28.9 Å². The number of aliphatic carboxylic acids is 1. The number of carboxylic acids is 1. The van der Waals surface area contributed by atoms with Gasteiger partial charge in [-0.05, 0) is 63.2 Å². The van der Waals surface area contributed by atoms with E-state index in [2.05, 4.69) is 15.0 Å². The highest BCUT2D eigenvalue weighted by Gasteiger charge is 2.52. The monoisotopic (exact) mass is 570 g/mol. The average molecular weight is 571 g/mol. The van der Waals surface area contributed by atoms with Gasteiger partial charge in [0.2, 0.25) is 5.91 Å². The summed E-state index contributed by atoms with van der Waals surface area (Å²) < 4.78 is 21.4. The van der Waals surface area contributed by atoms with E-state index in [1.165, 1.54) is 13.8 Å². The highest BCUT2D eigenvalue weighted by Crippen LogP contribution is 2.46. The summed E-state index contributed by atoms with van der Waals surface area (Å²) in [5.41, 5.74) is 1.36. The summed E-state index contributed by atoms with van der Waals surface area (Å²) in [5, 5.41) is 19.0. The molecule has 0 bridgehead atoms. The SMILES string of the molecule is CC(C)(C(=O)O)[C@]1(F)CC[C@@H](Oc2nc3nc(-c4ccc(C5=CCN(C(=O)CO)CC5)cc4)c(Cl)cc3[nH]2)CC1.